The van der Waals surface area contributed by atoms with Gasteiger partial charge in [0.15, 0.2) is 11.6 Å². The Morgan fingerprint density at radius 3 is 2.50 bits per heavy atom. The lowest BCUT2D eigenvalue weighted by atomic mass is 10.2. The molecule has 0 atom stereocenters. The molecule has 0 aliphatic heterocycles. The molecule has 2 aromatic rings. The molecule has 2 aromatic carbocycles. The second-order valence-electron chi connectivity index (χ2n) is 3.90. The predicted octanol–water partition coefficient (Wildman–Crippen LogP) is 4.32. The summed E-state index contributed by atoms with van der Waals surface area (Å²) < 4.78 is 28.1. The SMILES string of the molecule is Nc1ccc(F)c(F)c1NC(=O)c1ccc(Br)cc1Br. The van der Waals surface area contributed by atoms with Crippen molar-refractivity contribution in [2.75, 3.05) is 11.1 Å². The topological polar surface area (TPSA) is 55.1 Å². The highest BCUT2D eigenvalue weighted by molar-refractivity contribution is 9.11. The Morgan fingerprint density at radius 1 is 1.15 bits per heavy atom. The highest BCUT2D eigenvalue weighted by atomic mass is 79.9. The quantitative estimate of drug-likeness (QED) is 0.731. The lowest BCUT2D eigenvalue weighted by molar-refractivity contribution is 0.102. The van der Waals surface area contributed by atoms with E-state index in [4.69, 9.17) is 5.73 Å². The second kappa shape index (κ2) is 5.88. The van der Waals surface area contributed by atoms with Crippen molar-refractivity contribution in [3.63, 3.8) is 0 Å². The number of carbonyl (C=O) groups excluding carboxylic acids is 1. The first kappa shape index (κ1) is 14.9. The van der Waals surface area contributed by atoms with E-state index >= 15 is 0 Å². The number of hydrogen-bond acceptors (Lipinski definition) is 2. The van der Waals surface area contributed by atoms with Crippen molar-refractivity contribution in [1.29, 1.82) is 0 Å². The van der Waals surface area contributed by atoms with Crippen LogP contribution in [0.4, 0.5) is 20.2 Å². The van der Waals surface area contributed by atoms with Crippen LogP contribution in [-0.2, 0) is 0 Å². The predicted molar refractivity (Wildman–Crippen MR) is 80.6 cm³/mol. The van der Waals surface area contributed by atoms with Gasteiger partial charge in [-0.1, -0.05) is 15.9 Å². The van der Waals surface area contributed by atoms with Crippen LogP contribution in [0.3, 0.4) is 0 Å². The maximum atomic E-state index is 13.6. The van der Waals surface area contributed by atoms with E-state index in [1.54, 1.807) is 12.1 Å². The van der Waals surface area contributed by atoms with Crippen molar-refractivity contribution in [2.24, 2.45) is 0 Å². The van der Waals surface area contributed by atoms with E-state index in [0.29, 0.717) is 4.47 Å². The van der Waals surface area contributed by atoms with Gasteiger partial charge in [0.2, 0.25) is 0 Å². The Hall–Kier alpha value is -1.47. The van der Waals surface area contributed by atoms with Gasteiger partial charge in [0.05, 0.1) is 11.3 Å². The Labute approximate surface area is 130 Å². The number of amides is 1. The molecule has 0 spiro atoms. The Kier molecular flexibility index (Phi) is 4.39. The maximum Gasteiger partial charge on any atom is 0.256 e. The van der Waals surface area contributed by atoms with E-state index in [9.17, 15) is 13.6 Å². The minimum Gasteiger partial charge on any atom is -0.397 e. The van der Waals surface area contributed by atoms with Crippen LogP contribution >= 0.6 is 31.9 Å². The molecule has 20 heavy (non-hydrogen) atoms. The number of nitrogens with one attached hydrogen (secondary N) is 1. The van der Waals surface area contributed by atoms with Gasteiger partial charge in [0.25, 0.3) is 5.91 Å². The lowest BCUT2D eigenvalue weighted by Gasteiger charge is -2.11. The van der Waals surface area contributed by atoms with Crippen LogP contribution in [-0.4, -0.2) is 5.91 Å². The number of halogens is 4. The van der Waals surface area contributed by atoms with E-state index in [2.05, 4.69) is 37.2 Å². The first-order chi connectivity index (χ1) is 9.40. The molecule has 0 aromatic heterocycles. The number of rotatable bonds is 2. The molecule has 0 bridgehead atoms. The van der Waals surface area contributed by atoms with Crippen LogP contribution in [0.25, 0.3) is 0 Å². The third-order valence-corrected chi connectivity index (χ3v) is 3.69. The standard InChI is InChI=1S/C13H8Br2F2N2O/c14-6-1-2-7(8(15)5-6)13(20)19-12-10(18)4-3-9(16)11(12)17/h1-5H,18H2,(H,19,20). The van der Waals surface area contributed by atoms with E-state index in [-0.39, 0.29) is 16.9 Å². The smallest absolute Gasteiger partial charge is 0.256 e. The van der Waals surface area contributed by atoms with Gasteiger partial charge in [-0.2, -0.15) is 0 Å². The van der Waals surface area contributed by atoms with Crippen molar-refractivity contribution < 1.29 is 13.6 Å². The minimum absolute atomic E-state index is 0.0505. The highest BCUT2D eigenvalue weighted by Gasteiger charge is 2.17. The van der Waals surface area contributed by atoms with Crippen LogP contribution in [0, 0.1) is 11.6 Å². The van der Waals surface area contributed by atoms with Gasteiger partial charge in [-0.15, -0.1) is 0 Å². The fraction of sp³-hybridized carbons (Fsp3) is 0. The summed E-state index contributed by atoms with van der Waals surface area (Å²) in [6.45, 7) is 0. The summed E-state index contributed by atoms with van der Waals surface area (Å²) in [6.07, 6.45) is 0. The average molecular weight is 406 g/mol. The van der Waals surface area contributed by atoms with Crippen LogP contribution in [0.5, 0.6) is 0 Å². The molecule has 1 amide bonds. The Bertz CT molecular complexity index is 692. The molecule has 3 nitrogen and oxygen atoms in total. The molecule has 0 aliphatic rings. The monoisotopic (exact) mass is 404 g/mol. The van der Waals surface area contributed by atoms with Gasteiger partial charge in [-0.3, -0.25) is 4.79 Å². The Morgan fingerprint density at radius 2 is 1.85 bits per heavy atom. The first-order valence-corrected chi connectivity index (χ1v) is 6.98. The fourth-order valence-corrected chi connectivity index (χ4v) is 2.77. The normalized spacial score (nSPS) is 10.4. The summed E-state index contributed by atoms with van der Waals surface area (Å²) in [5, 5.41) is 2.27. The molecular weight excluding hydrogens is 398 g/mol. The third-order valence-electron chi connectivity index (χ3n) is 2.54. The van der Waals surface area contributed by atoms with Crippen LogP contribution in [0.1, 0.15) is 10.4 Å². The number of anilines is 2. The molecule has 0 heterocycles. The molecular formula is C13H8Br2F2N2O. The molecule has 0 saturated heterocycles. The van der Waals surface area contributed by atoms with Crippen molar-refractivity contribution in [3.05, 3.63) is 56.5 Å². The summed E-state index contributed by atoms with van der Waals surface area (Å²) in [5.74, 6) is -2.86. The zero-order valence-electron chi connectivity index (χ0n) is 9.88. The van der Waals surface area contributed by atoms with Crippen molar-refractivity contribution in [1.82, 2.24) is 0 Å². The largest absolute Gasteiger partial charge is 0.397 e. The first-order valence-electron chi connectivity index (χ1n) is 5.40. The van der Waals surface area contributed by atoms with Gasteiger partial charge < -0.3 is 11.1 Å². The second-order valence-corrected chi connectivity index (χ2v) is 5.67. The number of nitrogens with two attached hydrogens (primary N) is 1. The number of nitrogen functional groups attached to an aromatic ring is 1. The number of hydrogen-bond donors (Lipinski definition) is 2. The summed E-state index contributed by atoms with van der Waals surface area (Å²) in [6, 6.07) is 6.95. The zero-order valence-corrected chi connectivity index (χ0v) is 13.1. The van der Waals surface area contributed by atoms with Crippen LogP contribution in [0.2, 0.25) is 0 Å². The maximum absolute atomic E-state index is 13.6. The van der Waals surface area contributed by atoms with Crippen molar-refractivity contribution >= 4 is 49.1 Å². The van der Waals surface area contributed by atoms with E-state index in [1.165, 1.54) is 12.1 Å². The van der Waals surface area contributed by atoms with Gasteiger partial charge in [-0.25, -0.2) is 8.78 Å². The molecule has 3 N–H and O–H groups in total. The molecule has 0 radical (unpaired) electrons. The summed E-state index contributed by atoms with van der Waals surface area (Å²) in [5.41, 5.74) is 5.39. The van der Waals surface area contributed by atoms with Gasteiger partial charge in [0, 0.05) is 8.95 Å². The van der Waals surface area contributed by atoms with Gasteiger partial charge in [-0.05, 0) is 46.3 Å². The van der Waals surface area contributed by atoms with Crippen molar-refractivity contribution in [2.45, 2.75) is 0 Å². The zero-order chi connectivity index (χ0) is 14.9. The Balaban J connectivity index is 2.35. The number of benzene rings is 2. The summed E-state index contributed by atoms with van der Waals surface area (Å²) in [4.78, 5) is 12.1. The third kappa shape index (κ3) is 2.99. The van der Waals surface area contributed by atoms with Gasteiger partial charge >= 0.3 is 0 Å². The van der Waals surface area contributed by atoms with Crippen molar-refractivity contribution in [3.8, 4) is 0 Å². The van der Waals surface area contributed by atoms with E-state index < -0.39 is 17.5 Å². The molecule has 0 unspecified atom stereocenters. The highest BCUT2D eigenvalue weighted by Crippen LogP contribution is 2.27. The molecule has 0 saturated carbocycles. The molecule has 0 fully saturated rings. The lowest BCUT2D eigenvalue weighted by Crippen LogP contribution is -2.15. The van der Waals surface area contributed by atoms with Crippen LogP contribution < -0.4 is 11.1 Å². The van der Waals surface area contributed by atoms with E-state index in [1.807, 2.05) is 0 Å². The number of carbonyl (C=O) groups is 1. The summed E-state index contributed by atoms with van der Waals surface area (Å²) in [7, 11) is 0. The molecule has 2 rings (SSSR count). The molecule has 0 aliphatic carbocycles. The van der Waals surface area contributed by atoms with E-state index in [0.717, 1.165) is 10.5 Å². The average Bonchev–Trinajstić information content (AvgIpc) is 2.39. The van der Waals surface area contributed by atoms with Crippen LogP contribution in [0.15, 0.2) is 39.3 Å². The minimum atomic E-state index is -1.19. The fourth-order valence-electron chi connectivity index (χ4n) is 1.55. The molecule has 104 valence electrons. The summed E-state index contributed by atoms with van der Waals surface area (Å²) >= 11 is 6.48. The molecule has 7 heteroatoms. The van der Waals surface area contributed by atoms with Gasteiger partial charge in [0.1, 0.15) is 5.69 Å².